The van der Waals surface area contributed by atoms with Crippen LogP contribution in [0.25, 0.3) is 0 Å². The Labute approximate surface area is 136 Å². The molecule has 23 heavy (non-hydrogen) atoms. The van der Waals surface area contributed by atoms with E-state index in [2.05, 4.69) is 10.6 Å². The highest BCUT2D eigenvalue weighted by Crippen LogP contribution is 2.13. The van der Waals surface area contributed by atoms with E-state index < -0.39 is 0 Å². The molecular formula is C18H22N2O3. The minimum Gasteiger partial charge on any atom is -0.497 e. The number of benzene rings is 2. The second-order valence-electron chi connectivity index (χ2n) is 5.06. The number of ether oxygens (including phenoxy) is 2. The van der Waals surface area contributed by atoms with Crippen molar-refractivity contribution in [3.05, 3.63) is 59.7 Å². The number of methoxy groups -OCH3 is 2. The number of hydrogen-bond donors (Lipinski definition) is 2. The van der Waals surface area contributed by atoms with E-state index in [1.165, 1.54) is 0 Å². The van der Waals surface area contributed by atoms with E-state index in [0.717, 1.165) is 29.0 Å². The monoisotopic (exact) mass is 314 g/mol. The zero-order valence-electron chi connectivity index (χ0n) is 13.5. The maximum atomic E-state index is 11.8. The fourth-order valence-electron chi connectivity index (χ4n) is 2.18. The van der Waals surface area contributed by atoms with E-state index in [-0.39, 0.29) is 6.03 Å². The van der Waals surface area contributed by atoms with Gasteiger partial charge in [-0.2, -0.15) is 0 Å². The van der Waals surface area contributed by atoms with Crippen LogP contribution in [0.3, 0.4) is 0 Å². The number of nitrogens with one attached hydrogen (secondary N) is 2. The third-order valence-electron chi connectivity index (χ3n) is 3.42. The van der Waals surface area contributed by atoms with E-state index in [9.17, 15) is 4.79 Å². The molecule has 0 bridgehead atoms. The van der Waals surface area contributed by atoms with Crippen molar-refractivity contribution in [3.63, 3.8) is 0 Å². The Bertz CT molecular complexity index is 644. The Balaban J connectivity index is 1.72. The molecule has 0 heterocycles. The van der Waals surface area contributed by atoms with E-state index in [0.29, 0.717) is 13.1 Å². The number of amides is 2. The van der Waals surface area contributed by atoms with Crippen LogP contribution in [0.2, 0.25) is 0 Å². The summed E-state index contributed by atoms with van der Waals surface area (Å²) in [6, 6.07) is 15.3. The molecule has 0 aliphatic carbocycles. The lowest BCUT2D eigenvalue weighted by Gasteiger charge is -2.09. The molecule has 2 aromatic rings. The molecule has 5 nitrogen and oxygen atoms in total. The molecule has 0 spiro atoms. The third kappa shape index (κ3) is 5.54. The molecule has 0 unspecified atom stereocenters. The molecule has 0 aromatic heterocycles. The Morgan fingerprint density at radius 3 is 2.17 bits per heavy atom. The molecule has 0 saturated carbocycles. The zero-order valence-corrected chi connectivity index (χ0v) is 13.5. The summed E-state index contributed by atoms with van der Waals surface area (Å²) >= 11 is 0. The van der Waals surface area contributed by atoms with Crippen LogP contribution in [0.4, 0.5) is 4.79 Å². The Morgan fingerprint density at radius 2 is 1.52 bits per heavy atom. The first-order valence-electron chi connectivity index (χ1n) is 7.49. The van der Waals surface area contributed by atoms with Crippen molar-refractivity contribution < 1.29 is 14.3 Å². The smallest absolute Gasteiger partial charge is 0.315 e. The molecule has 122 valence electrons. The lowest BCUT2D eigenvalue weighted by Crippen LogP contribution is -2.36. The highest BCUT2D eigenvalue weighted by Gasteiger charge is 2.02. The molecule has 0 radical (unpaired) electrons. The molecule has 0 atom stereocenters. The van der Waals surface area contributed by atoms with Gasteiger partial charge in [0.05, 0.1) is 14.2 Å². The molecule has 2 amide bonds. The van der Waals surface area contributed by atoms with Crippen LogP contribution in [0.15, 0.2) is 48.5 Å². The van der Waals surface area contributed by atoms with Crippen molar-refractivity contribution >= 4 is 6.03 Å². The van der Waals surface area contributed by atoms with Crippen molar-refractivity contribution in [2.24, 2.45) is 0 Å². The average molecular weight is 314 g/mol. The standard InChI is InChI=1S/C18H22N2O3/c1-22-16-7-3-5-14(11-16)9-10-19-18(21)20-13-15-6-4-8-17(12-15)23-2/h3-8,11-12H,9-10,13H2,1-2H3,(H2,19,20,21). The number of urea groups is 1. The van der Waals surface area contributed by atoms with Crippen LogP contribution in [0.1, 0.15) is 11.1 Å². The van der Waals surface area contributed by atoms with Gasteiger partial charge >= 0.3 is 6.03 Å². The molecule has 0 aliphatic heterocycles. The van der Waals surface area contributed by atoms with Gasteiger partial charge in [0.2, 0.25) is 0 Å². The van der Waals surface area contributed by atoms with Gasteiger partial charge < -0.3 is 20.1 Å². The van der Waals surface area contributed by atoms with Crippen molar-refractivity contribution in [1.29, 1.82) is 0 Å². The summed E-state index contributed by atoms with van der Waals surface area (Å²) in [7, 11) is 3.27. The molecule has 0 fully saturated rings. The second-order valence-corrected chi connectivity index (χ2v) is 5.06. The first kappa shape index (κ1) is 16.7. The van der Waals surface area contributed by atoms with Gasteiger partial charge in [-0.15, -0.1) is 0 Å². The van der Waals surface area contributed by atoms with Crippen LogP contribution in [-0.4, -0.2) is 26.8 Å². The van der Waals surface area contributed by atoms with Gasteiger partial charge in [-0.1, -0.05) is 24.3 Å². The maximum Gasteiger partial charge on any atom is 0.315 e. The Kier molecular flexibility index (Phi) is 6.29. The number of rotatable bonds is 7. The Morgan fingerprint density at radius 1 is 0.913 bits per heavy atom. The van der Waals surface area contributed by atoms with Crippen molar-refractivity contribution in [2.45, 2.75) is 13.0 Å². The molecule has 2 rings (SSSR count). The van der Waals surface area contributed by atoms with Gasteiger partial charge in [0.25, 0.3) is 0 Å². The minimum absolute atomic E-state index is 0.185. The summed E-state index contributed by atoms with van der Waals surface area (Å²) in [6.07, 6.45) is 0.754. The lowest BCUT2D eigenvalue weighted by atomic mass is 10.1. The van der Waals surface area contributed by atoms with Gasteiger partial charge in [-0.05, 0) is 41.8 Å². The van der Waals surface area contributed by atoms with Gasteiger partial charge in [-0.3, -0.25) is 0 Å². The Hall–Kier alpha value is -2.69. The summed E-state index contributed by atoms with van der Waals surface area (Å²) in [5, 5.41) is 5.67. The largest absolute Gasteiger partial charge is 0.497 e. The summed E-state index contributed by atoms with van der Waals surface area (Å²) in [4.78, 5) is 11.8. The predicted octanol–water partition coefficient (Wildman–Crippen LogP) is 2.75. The van der Waals surface area contributed by atoms with E-state index in [1.807, 2.05) is 48.5 Å². The van der Waals surface area contributed by atoms with Crippen molar-refractivity contribution in [1.82, 2.24) is 10.6 Å². The summed E-state index contributed by atoms with van der Waals surface area (Å²) in [5.74, 6) is 1.60. The number of carbonyl (C=O) groups excluding carboxylic acids is 1. The van der Waals surface area contributed by atoms with Crippen molar-refractivity contribution in [2.75, 3.05) is 20.8 Å². The molecule has 5 heteroatoms. The summed E-state index contributed by atoms with van der Waals surface area (Å²) in [6.45, 7) is 1.03. The maximum absolute atomic E-state index is 11.8. The van der Waals surface area contributed by atoms with E-state index in [4.69, 9.17) is 9.47 Å². The van der Waals surface area contributed by atoms with E-state index in [1.54, 1.807) is 14.2 Å². The molecule has 2 aromatic carbocycles. The van der Waals surface area contributed by atoms with Crippen LogP contribution >= 0.6 is 0 Å². The fraction of sp³-hybridized carbons (Fsp3) is 0.278. The molecule has 0 saturated heterocycles. The normalized spacial score (nSPS) is 10.0. The SMILES string of the molecule is COc1cccc(CCNC(=O)NCc2cccc(OC)c2)c1. The predicted molar refractivity (Wildman–Crippen MR) is 89.9 cm³/mol. The zero-order chi connectivity index (χ0) is 16.5. The first-order valence-corrected chi connectivity index (χ1v) is 7.49. The quantitative estimate of drug-likeness (QED) is 0.826. The highest BCUT2D eigenvalue weighted by atomic mass is 16.5. The molecular weight excluding hydrogens is 292 g/mol. The van der Waals surface area contributed by atoms with Crippen LogP contribution < -0.4 is 20.1 Å². The third-order valence-corrected chi connectivity index (χ3v) is 3.42. The van der Waals surface area contributed by atoms with Gasteiger partial charge in [0.15, 0.2) is 0 Å². The minimum atomic E-state index is -0.185. The second kappa shape index (κ2) is 8.68. The lowest BCUT2D eigenvalue weighted by molar-refractivity contribution is 0.240. The number of hydrogen-bond acceptors (Lipinski definition) is 3. The first-order chi connectivity index (χ1) is 11.2. The average Bonchev–Trinajstić information content (AvgIpc) is 2.60. The van der Waals surface area contributed by atoms with Crippen LogP contribution in [0.5, 0.6) is 11.5 Å². The van der Waals surface area contributed by atoms with Gasteiger partial charge in [-0.25, -0.2) is 4.79 Å². The van der Waals surface area contributed by atoms with Crippen LogP contribution in [-0.2, 0) is 13.0 Å². The highest BCUT2D eigenvalue weighted by molar-refractivity contribution is 5.73. The summed E-state index contributed by atoms with van der Waals surface area (Å²) in [5.41, 5.74) is 2.12. The van der Waals surface area contributed by atoms with Crippen molar-refractivity contribution in [3.8, 4) is 11.5 Å². The van der Waals surface area contributed by atoms with E-state index >= 15 is 0 Å². The molecule has 0 aliphatic rings. The number of carbonyl (C=O) groups is 1. The van der Waals surface area contributed by atoms with Gasteiger partial charge in [0.1, 0.15) is 11.5 Å². The topological polar surface area (TPSA) is 59.6 Å². The molecule has 2 N–H and O–H groups in total. The van der Waals surface area contributed by atoms with Crippen LogP contribution in [0, 0.1) is 0 Å². The fourth-order valence-corrected chi connectivity index (χ4v) is 2.18. The van der Waals surface area contributed by atoms with Gasteiger partial charge in [0, 0.05) is 13.1 Å². The summed E-state index contributed by atoms with van der Waals surface area (Å²) < 4.78 is 10.3.